The molecule has 2 N–H and O–H groups in total. The van der Waals surface area contributed by atoms with E-state index in [0.717, 1.165) is 5.39 Å². The predicted molar refractivity (Wildman–Crippen MR) is 78.5 cm³/mol. The molecule has 21 heavy (non-hydrogen) atoms. The molecule has 2 heterocycles. The van der Waals surface area contributed by atoms with Crippen molar-refractivity contribution in [2.24, 2.45) is 0 Å². The van der Waals surface area contributed by atoms with Gasteiger partial charge in [0.1, 0.15) is 0 Å². The van der Waals surface area contributed by atoms with Crippen LogP contribution < -0.4 is 4.72 Å². The molecule has 2 aromatic heterocycles. The molecule has 0 unspecified atom stereocenters. The Balaban J connectivity index is 2.08. The van der Waals surface area contributed by atoms with Gasteiger partial charge in [-0.05, 0) is 24.3 Å². The normalized spacial score (nSPS) is 11.4. The third-order valence-corrected chi connectivity index (χ3v) is 4.19. The second kappa shape index (κ2) is 5.02. The summed E-state index contributed by atoms with van der Waals surface area (Å²) < 4.78 is 27.0. The van der Waals surface area contributed by atoms with Gasteiger partial charge in [-0.3, -0.25) is 9.71 Å². The van der Waals surface area contributed by atoms with Crippen molar-refractivity contribution in [2.45, 2.75) is 5.03 Å². The highest BCUT2D eigenvalue weighted by atomic mass is 32.2. The quantitative estimate of drug-likeness (QED) is 0.773. The number of rotatable bonds is 3. The average molecular weight is 301 g/mol. The SMILES string of the molecule is O=S(=O)(Nc1cccc2cccnc12)c1ncccc1O. The summed E-state index contributed by atoms with van der Waals surface area (Å²) in [6.45, 7) is 0. The average Bonchev–Trinajstić information content (AvgIpc) is 2.47. The lowest BCUT2D eigenvalue weighted by Crippen LogP contribution is -2.15. The third kappa shape index (κ3) is 2.50. The number of hydrogen-bond acceptors (Lipinski definition) is 5. The fourth-order valence-corrected chi connectivity index (χ4v) is 3.06. The summed E-state index contributed by atoms with van der Waals surface area (Å²) in [5.41, 5.74) is 0.858. The first kappa shape index (κ1) is 13.3. The number of benzene rings is 1. The zero-order valence-electron chi connectivity index (χ0n) is 10.8. The van der Waals surface area contributed by atoms with Crippen LogP contribution in [0, 0.1) is 0 Å². The van der Waals surface area contributed by atoms with Crippen LogP contribution in [0.25, 0.3) is 10.9 Å². The zero-order valence-corrected chi connectivity index (χ0v) is 11.6. The molecule has 7 heteroatoms. The number of nitrogens with zero attached hydrogens (tertiary/aromatic N) is 2. The van der Waals surface area contributed by atoms with Crippen LogP contribution in [-0.2, 0) is 10.0 Å². The largest absolute Gasteiger partial charge is 0.505 e. The smallest absolute Gasteiger partial charge is 0.283 e. The predicted octanol–water partition coefficient (Wildman–Crippen LogP) is 2.14. The van der Waals surface area contributed by atoms with Crippen LogP contribution in [0.4, 0.5) is 5.69 Å². The Morgan fingerprint density at radius 1 is 0.952 bits per heavy atom. The van der Waals surface area contributed by atoms with Crippen molar-refractivity contribution in [3.05, 3.63) is 54.9 Å². The number of nitrogens with one attached hydrogen (secondary N) is 1. The highest BCUT2D eigenvalue weighted by Crippen LogP contribution is 2.25. The lowest BCUT2D eigenvalue weighted by Gasteiger charge is -2.10. The fraction of sp³-hybridized carbons (Fsp3) is 0. The summed E-state index contributed by atoms with van der Waals surface area (Å²) in [6, 6.07) is 11.5. The Labute approximate surface area is 121 Å². The topological polar surface area (TPSA) is 92.2 Å². The van der Waals surface area contributed by atoms with E-state index in [0.29, 0.717) is 11.2 Å². The molecule has 3 rings (SSSR count). The van der Waals surface area contributed by atoms with E-state index in [1.54, 1.807) is 24.4 Å². The summed E-state index contributed by atoms with van der Waals surface area (Å²) >= 11 is 0. The van der Waals surface area contributed by atoms with Crippen LogP contribution in [0.15, 0.2) is 59.9 Å². The number of sulfonamides is 1. The molecule has 0 fully saturated rings. The first-order valence-corrected chi connectivity index (χ1v) is 7.57. The minimum atomic E-state index is -3.99. The van der Waals surface area contributed by atoms with Gasteiger partial charge in [-0.15, -0.1) is 0 Å². The van der Waals surface area contributed by atoms with E-state index in [2.05, 4.69) is 14.7 Å². The first-order chi connectivity index (χ1) is 10.1. The van der Waals surface area contributed by atoms with Crippen molar-refractivity contribution in [2.75, 3.05) is 4.72 Å². The fourth-order valence-electron chi connectivity index (χ4n) is 1.97. The van der Waals surface area contributed by atoms with Crippen molar-refractivity contribution in [1.82, 2.24) is 9.97 Å². The van der Waals surface area contributed by atoms with E-state index in [9.17, 15) is 13.5 Å². The van der Waals surface area contributed by atoms with Gasteiger partial charge in [0, 0.05) is 17.8 Å². The standard InChI is InChI=1S/C14H11N3O3S/c18-12-7-3-9-16-14(12)21(19,20)17-11-6-1-4-10-5-2-8-15-13(10)11/h1-9,17-18H. The molecule has 0 saturated carbocycles. The number of pyridine rings is 2. The van der Waals surface area contributed by atoms with Crippen LogP contribution in [0.3, 0.4) is 0 Å². The molecular formula is C14H11N3O3S. The number of anilines is 1. The van der Waals surface area contributed by atoms with E-state index in [4.69, 9.17) is 0 Å². The van der Waals surface area contributed by atoms with E-state index in [-0.39, 0.29) is 0 Å². The lowest BCUT2D eigenvalue weighted by atomic mass is 10.2. The molecule has 0 radical (unpaired) electrons. The van der Waals surface area contributed by atoms with Crippen LogP contribution >= 0.6 is 0 Å². The van der Waals surface area contributed by atoms with E-state index in [1.165, 1.54) is 18.3 Å². The van der Waals surface area contributed by atoms with Gasteiger partial charge in [0.15, 0.2) is 5.75 Å². The molecule has 0 bridgehead atoms. The van der Waals surface area contributed by atoms with Gasteiger partial charge < -0.3 is 5.11 Å². The van der Waals surface area contributed by atoms with Gasteiger partial charge in [-0.25, -0.2) is 4.98 Å². The summed E-state index contributed by atoms with van der Waals surface area (Å²) in [4.78, 5) is 7.88. The Morgan fingerprint density at radius 2 is 1.67 bits per heavy atom. The van der Waals surface area contributed by atoms with Gasteiger partial charge in [0.2, 0.25) is 5.03 Å². The minimum absolute atomic E-state index is 0.332. The number of hydrogen-bond donors (Lipinski definition) is 2. The first-order valence-electron chi connectivity index (χ1n) is 6.08. The summed E-state index contributed by atoms with van der Waals surface area (Å²) in [7, 11) is -3.99. The monoisotopic (exact) mass is 301 g/mol. The van der Waals surface area contributed by atoms with Crippen LogP contribution in [0.1, 0.15) is 0 Å². The van der Waals surface area contributed by atoms with E-state index >= 15 is 0 Å². The zero-order chi connectivity index (χ0) is 14.9. The number of fused-ring (bicyclic) bond motifs is 1. The van der Waals surface area contributed by atoms with Crippen LogP contribution in [0.2, 0.25) is 0 Å². The maximum absolute atomic E-state index is 12.3. The molecule has 0 spiro atoms. The van der Waals surface area contributed by atoms with Crippen molar-refractivity contribution in [1.29, 1.82) is 0 Å². The molecular weight excluding hydrogens is 290 g/mol. The van der Waals surface area contributed by atoms with Gasteiger partial charge >= 0.3 is 0 Å². The Morgan fingerprint density at radius 3 is 2.48 bits per heavy atom. The molecule has 0 amide bonds. The van der Waals surface area contributed by atoms with Crippen LogP contribution in [-0.4, -0.2) is 23.5 Å². The number of aromatic hydroxyl groups is 1. The van der Waals surface area contributed by atoms with Crippen molar-refractivity contribution in [3.8, 4) is 5.75 Å². The lowest BCUT2D eigenvalue weighted by molar-refractivity contribution is 0.452. The van der Waals surface area contributed by atoms with Crippen molar-refractivity contribution in [3.63, 3.8) is 0 Å². The maximum Gasteiger partial charge on any atom is 0.283 e. The maximum atomic E-state index is 12.3. The second-order valence-electron chi connectivity index (χ2n) is 4.31. The van der Waals surface area contributed by atoms with Gasteiger partial charge in [0.05, 0.1) is 11.2 Å². The molecule has 0 saturated heterocycles. The Bertz CT molecular complexity index is 905. The molecule has 0 aliphatic carbocycles. The van der Waals surface area contributed by atoms with E-state index in [1.807, 2.05) is 12.1 Å². The molecule has 0 aliphatic heterocycles. The summed E-state index contributed by atoms with van der Waals surface area (Å²) in [5.74, 6) is -0.404. The van der Waals surface area contributed by atoms with Crippen LogP contribution in [0.5, 0.6) is 5.75 Å². The van der Waals surface area contributed by atoms with Crippen molar-refractivity contribution < 1.29 is 13.5 Å². The molecule has 0 aliphatic rings. The summed E-state index contributed by atoms with van der Waals surface area (Å²) in [5, 5.41) is 10.0. The molecule has 1 aromatic carbocycles. The van der Waals surface area contributed by atoms with Gasteiger partial charge in [0.25, 0.3) is 10.0 Å². The molecule has 6 nitrogen and oxygen atoms in total. The number of aromatic nitrogens is 2. The minimum Gasteiger partial charge on any atom is -0.505 e. The highest BCUT2D eigenvalue weighted by Gasteiger charge is 2.21. The Hall–Kier alpha value is -2.67. The highest BCUT2D eigenvalue weighted by molar-refractivity contribution is 7.92. The molecule has 3 aromatic rings. The van der Waals surface area contributed by atoms with Crippen molar-refractivity contribution >= 4 is 26.6 Å². The van der Waals surface area contributed by atoms with Gasteiger partial charge in [-0.2, -0.15) is 8.42 Å². The summed E-state index contributed by atoms with van der Waals surface area (Å²) in [6.07, 6.45) is 2.88. The second-order valence-corrected chi connectivity index (χ2v) is 5.91. The van der Waals surface area contributed by atoms with E-state index < -0.39 is 20.8 Å². The number of para-hydroxylation sites is 1. The molecule has 0 atom stereocenters. The molecule has 106 valence electrons. The van der Waals surface area contributed by atoms with Gasteiger partial charge in [-0.1, -0.05) is 18.2 Å². The third-order valence-electron chi connectivity index (χ3n) is 2.88. The Kier molecular flexibility index (Phi) is 3.19.